The van der Waals surface area contributed by atoms with Crippen LogP contribution < -0.4 is 10.5 Å². The number of rotatable bonds is 7. The second-order valence-corrected chi connectivity index (χ2v) is 4.94. The van der Waals surface area contributed by atoms with Crippen molar-refractivity contribution in [3.8, 4) is 5.75 Å². The standard InChI is InChI=1S/C17H19ClN2O/c18-13-17(19)20-15-9-4-10-16(12-15)21-11-5-8-14-6-2-1-3-7-14/h1-4,6-7,9-10,12H,5,8,11,13H2,(H2,19,20). The molecule has 0 amide bonds. The van der Waals surface area contributed by atoms with Gasteiger partial charge in [-0.15, -0.1) is 11.6 Å². The fourth-order valence-electron chi connectivity index (χ4n) is 1.95. The van der Waals surface area contributed by atoms with Gasteiger partial charge in [0.2, 0.25) is 0 Å². The van der Waals surface area contributed by atoms with Gasteiger partial charge in [0, 0.05) is 6.07 Å². The zero-order chi connectivity index (χ0) is 14.9. The van der Waals surface area contributed by atoms with E-state index in [0.717, 1.165) is 24.3 Å². The molecular weight excluding hydrogens is 284 g/mol. The van der Waals surface area contributed by atoms with Crippen LogP contribution in [0.1, 0.15) is 12.0 Å². The zero-order valence-corrected chi connectivity index (χ0v) is 12.6. The topological polar surface area (TPSA) is 47.6 Å². The lowest BCUT2D eigenvalue weighted by molar-refractivity contribution is 0.311. The maximum absolute atomic E-state index is 5.74. The second-order valence-electron chi connectivity index (χ2n) is 4.67. The Morgan fingerprint density at radius 3 is 2.67 bits per heavy atom. The molecule has 0 radical (unpaired) electrons. The van der Waals surface area contributed by atoms with Gasteiger partial charge in [-0.25, -0.2) is 4.99 Å². The molecule has 0 bridgehead atoms. The molecule has 0 fully saturated rings. The third-order valence-electron chi connectivity index (χ3n) is 2.95. The normalized spacial score (nSPS) is 11.4. The van der Waals surface area contributed by atoms with E-state index >= 15 is 0 Å². The van der Waals surface area contributed by atoms with Gasteiger partial charge in [-0.1, -0.05) is 36.4 Å². The van der Waals surface area contributed by atoms with Crippen LogP contribution >= 0.6 is 11.6 Å². The van der Waals surface area contributed by atoms with Crippen molar-refractivity contribution in [1.82, 2.24) is 0 Å². The summed E-state index contributed by atoms with van der Waals surface area (Å²) in [4.78, 5) is 4.20. The second kappa shape index (κ2) is 8.32. The zero-order valence-electron chi connectivity index (χ0n) is 11.8. The number of alkyl halides is 1. The Morgan fingerprint density at radius 1 is 1.10 bits per heavy atom. The number of aryl methyl sites for hydroxylation is 1. The molecule has 2 N–H and O–H groups in total. The van der Waals surface area contributed by atoms with Gasteiger partial charge in [0.05, 0.1) is 18.2 Å². The highest BCUT2D eigenvalue weighted by Crippen LogP contribution is 2.20. The van der Waals surface area contributed by atoms with Gasteiger partial charge in [0.15, 0.2) is 0 Å². The first kappa shape index (κ1) is 15.4. The van der Waals surface area contributed by atoms with Crippen molar-refractivity contribution in [2.45, 2.75) is 12.8 Å². The smallest absolute Gasteiger partial charge is 0.121 e. The summed E-state index contributed by atoms with van der Waals surface area (Å²) in [6.45, 7) is 0.674. The fourth-order valence-corrected chi connectivity index (χ4v) is 2.01. The van der Waals surface area contributed by atoms with Gasteiger partial charge in [-0.2, -0.15) is 0 Å². The summed E-state index contributed by atoms with van der Waals surface area (Å²) < 4.78 is 5.74. The molecule has 0 unspecified atom stereocenters. The van der Waals surface area contributed by atoms with Gasteiger partial charge in [-0.05, 0) is 30.5 Å². The summed E-state index contributed by atoms with van der Waals surface area (Å²) in [7, 11) is 0. The molecule has 0 atom stereocenters. The molecule has 2 aromatic carbocycles. The molecule has 110 valence electrons. The van der Waals surface area contributed by atoms with Gasteiger partial charge in [0.1, 0.15) is 11.6 Å². The van der Waals surface area contributed by atoms with E-state index in [2.05, 4.69) is 29.3 Å². The van der Waals surface area contributed by atoms with Crippen molar-refractivity contribution in [3.63, 3.8) is 0 Å². The van der Waals surface area contributed by atoms with Crippen LogP contribution in [0.15, 0.2) is 59.6 Å². The monoisotopic (exact) mass is 302 g/mol. The fraction of sp³-hybridized carbons (Fsp3) is 0.235. The lowest BCUT2D eigenvalue weighted by Gasteiger charge is -2.07. The van der Waals surface area contributed by atoms with Crippen molar-refractivity contribution in [3.05, 3.63) is 60.2 Å². The Kier molecular flexibility index (Phi) is 6.10. The van der Waals surface area contributed by atoms with Crippen LogP contribution in [0.2, 0.25) is 0 Å². The number of aliphatic imine (C=N–C) groups is 1. The molecule has 0 aliphatic rings. The average Bonchev–Trinajstić information content (AvgIpc) is 2.53. The van der Waals surface area contributed by atoms with E-state index in [4.69, 9.17) is 22.1 Å². The van der Waals surface area contributed by atoms with E-state index in [0.29, 0.717) is 12.4 Å². The number of benzene rings is 2. The van der Waals surface area contributed by atoms with Crippen molar-refractivity contribution in [2.24, 2.45) is 10.7 Å². The van der Waals surface area contributed by atoms with E-state index in [1.165, 1.54) is 5.56 Å². The van der Waals surface area contributed by atoms with Crippen molar-refractivity contribution in [1.29, 1.82) is 0 Å². The summed E-state index contributed by atoms with van der Waals surface area (Å²) in [5.41, 5.74) is 7.70. The lowest BCUT2D eigenvalue weighted by atomic mass is 10.1. The molecule has 0 spiro atoms. The van der Waals surface area contributed by atoms with Crippen LogP contribution in [0.25, 0.3) is 0 Å². The summed E-state index contributed by atoms with van der Waals surface area (Å²) in [6.07, 6.45) is 1.99. The molecule has 0 aliphatic heterocycles. The lowest BCUT2D eigenvalue weighted by Crippen LogP contribution is -2.12. The Balaban J connectivity index is 1.82. The predicted molar refractivity (Wildman–Crippen MR) is 88.7 cm³/mol. The van der Waals surface area contributed by atoms with E-state index in [9.17, 15) is 0 Å². The van der Waals surface area contributed by atoms with Crippen LogP contribution in [-0.2, 0) is 6.42 Å². The minimum atomic E-state index is 0.224. The minimum absolute atomic E-state index is 0.224. The SMILES string of the molecule is NC(CCl)=Nc1cccc(OCCCc2ccccc2)c1. The van der Waals surface area contributed by atoms with Crippen molar-refractivity contribution in [2.75, 3.05) is 12.5 Å². The van der Waals surface area contributed by atoms with Gasteiger partial charge < -0.3 is 10.5 Å². The number of hydrogen-bond donors (Lipinski definition) is 1. The Labute approximate surface area is 130 Å². The van der Waals surface area contributed by atoms with Crippen LogP contribution in [0.3, 0.4) is 0 Å². The van der Waals surface area contributed by atoms with E-state index in [1.807, 2.05) is 30.3 Å². The van der Waals surface area contributed by atoms with Gasteiger partial charge in [0.25, 0.3) is 0 Å². The molecule has 2 rings (SSSR count). The molecule has 4 heteroatoms. The Morgan fingerprint density at radius 2 is 1.90 bits per heavy atom. The first-order valence-electron chi connectivity index (χ1n) is 6.94. The molecule has 0 heterocycles. The number of ether oxygens (including phenoxy) is 1. The minimum Gasteiger partial charge on any atom is -0.494 e. The van der Waals surface area contributed by atoms with Crippen LogP contribution in [0.4, 0.5) is 5.69 Å². The first-order valence-corrected chi connectivity index (χ1v) is 7.47. The van der Waals surface area contributed by atoms with Crippen molar-refractivity contribution < 1.29 is 4.74 Å². The first-order chi connectivity index (χ1) is 10.3. The summed E-state index contributed by atoms with van der Waals surface area (Å²) in [5, 5.41) is 0. The average molecular weight is 303 g/mol. The number of hydrogen-bond acceptors (Lipinski definition) is 2. The maximum Gasteiger partial charge on any atom is 0.121 e. The molecule has 0 saturated carbocycles. The highest BCUT2D eigenvalue weighted by atomic mass is 35.5. The van der Waals surface area contributed by atoms with E-state index < -0.39 is 0 Å². The Hall–Kier alpha value is -2.00. The molecular formula is C17H19ClN2O. The molecule has 0 aliphatic carbocycles. The number of halogens is 1. The van der Waals surface area contributed by atoms with Crippen LogP contribution in [0.5, 0.6) is 5.75 Å². The van der Waals surface area contributed by atoms with E-state index in [-0.39, 0.29) is 5.88 Å². The van der Waals surface area contributed by atoms with Crippen molar-refractivity contribution >= 4 is 23.1 Å². The van der Waals surface area contributed by atoms with Gasteiger partial charge in [-0.3, -0.25) is 0 Å². The van der Waals surface area contributed by atoms with E-state index in [1.54, 1.807) is 0 Å². The summed E-state index contributed by atoms with van der Waals surface area (Å²) >= 11 is 5.62. The summed E-state index contributed by atoms with van der Waals surface area (Å²) in [6, 6.07) is 17.9. The maximum atomic E-state index is 5.74. The highest BCUT2D eigenvalue weighted by Gasteiger charge is 1.98. The molecule has 2 aromatic rings. The largest absolute Gasteiger partial charge is 0.494 e. The third-order valence-corrected chi connectivity index (χ3v) is 3.22. The quantitative estimate of drug-likeness (QED) is 0.365. The number of nitrogens with zero attached hydrogens (tertiary/aromatic N) is 1. The molecule has 0 saturated heterocycles. The van der Waals surface area contributed by atoms with Crippen LogP contribution in [-0.4, -0.2) is 18.3 Å². The number of amidine groups is 1. The molecule has 3 nitrogen and oxygen atoms in total. The predicted octanol–water partition coefficient (Wildman–Crippen LogP) is 3.93. The van der Waals surface area contributed by atoms with Crippen LogP contribution in [0, 0.1) is 0 Å². The molecule has 21 heavy (non-hydrogen) atoms. The highest BCUT2D eigenvalue weighted by molar-refractivity contribution is 6.28. The third kappa shape index (κ3) is 5.48. The summed E-state index contributed by atoms with van der Waals surface area (Å²) in [5.74, 6) is 1.42. The molecule has 0 aromatic heterocycles. The number of nitrogens with two attached hydrogens (primary N) is 1. The Bertz CT molecular complexity index is 584. The van der Waals surface area contributed by atoms with Gasteiger partial charge >= 0.3 is 0 Å².